The van der Waals surface area contributed by atoms with Gasteiger partial charge in [-0.15, -0.1) is 11.8 Å². The molecule has 0 fully saturated rings. The van der Waals surface area contributed by atoms with E-state index in [-0.39, 0.29) is 0 Å². The van der Waals surface area contributed by atoms with E-state index < -0.39 is 0 Å². The molecule has 0 radical (unpaired) electrons. The van der Waals surface area contributed by atoms with E-state index in [4.69, 9.17) is 19.9 Å². The van der Waals surface area contributed by atoms with Gasteiger partial charge in [0.05, 0.1) is 33.0 Å². The van der Waals surface area contributed by atoms with E-state index in [9.17, 15) is 0 Å². The van der Waals surface area contributed by atoms with Gasteiger partial charge < -0.3 is 19.9 Å². The largest absolute Gasteiger partial charge is 0.399 e. The highest BCUT2D eigenvalue weighted by atomic mass is 32.2. The number of ether oxygens (including phenoxy) is 3. The van der Waals surface area contributed by atoms with E-state index in [1.807, 2.05) is 24.3 Å². The number of nitrogens with two attached hydrogens (primary N) is 1. The number of benzene rings is 1. The third-order valence-electron chi connectivity index (χ3n) is 2.18. The zero-order valence-electron chi connectivity index (χ0n) is 10.8. The van der Waals surface area contributed by atoms with Gasteiger partial charge in [-0.2, -0.15) is 0 Å². The van der Waals surface area contributed by atoms with Crippen LogP contribution in [-0.4, -0.2) is 45.9 Å². The minimum atomic E-state index is 0.621. The van der Waals surface area contributed by atoms with Crippen molar-refractivity contribution >= 4 is 17.4 Å². The molecule has 4 nitrogen and oxygen atoms in total. The van der Waals surface area contributed by atoms with Crippen LogP contribution in [0.15, 0.2) is 29.2 Å². The molecule has 1 aromatic carbocycles. The Morgan fingerprint density at radius 2 is 1.56 bits per heavy atom. The van der Waals surface area contributed by atoms with E-state index in [0.717, 1.165) is 18.0 Å². The lowest BCUT2D eigenvalue weighted by Crippen LogP contribution is -2.09. The van der Waals surface area contributed by atoms with Crippen LogP contribution in [0.5, 0.6) is 0 Å². The molecule has 1 aromatic rings. The van der Waals surface area contributed by atoms with Crippen molar-refractivity contribution in [1.29, 1.82) is 0 Å². The Hall–Kier alpha value is -0.750. The van der Waals surface area contributed by atoms with Gasteiger partial charge in [0.2, 0.25) is 0 Å². The smallest absolute Gasteiger partial charge is 0.0701 e. The summed E-state index contributed by atoms with van der Waals surface area (Å²) in [5.41, 5.74) is 6.41. The molecule has 0 unspecified atom stereocenters. The molecular weight excluding hydrogens is 250 g/mol. The van der Waals surface area contributed by atoms with Gasteiger partial charge in [0.1, 0.15) is 0 Å². The van der Waals surface area contributed by atoms with Crippen molar-refractivity contribution < 1.29 is 14.2 Å². The van der Waals surface area contributed by atoms with Crippen molar-refractivity contribution in [3.8, 4) is 0 Å². The summed E-state index contributed by atoms with van der Waals surface area (Å²) in [4.78, 5) is 1.21. The number of thioether (sulfide) groups is 1. The molecule has 0 saturated carbocycles. The van der Waals surface area contributed by atoms with Crippen LogP contribution in [0.2, 0.25) is 0 Å². The van der Waals surface area contributed by atoms with E-state index in [0.29, 0.717) is 26.4 Å². The van der Waals surface area contributed by atoms with Gasteiger partial charge in [-0.3, -0.25) is 0 Å². The second kappa shape index (κ2) is 10.2. The molecular formula is C13H21NO3S. The van der Waals surface area contributed by atoms with Crippen LogP contribution in [0, 0.1) is 0 Å². The van der Waals surface area contributed by atoms with Crippen LogP contribution in [0.3, 0.4) is 0 Å². The fraction of sp³-hybridized carbons (Fsp3) is 0.538. The number of methoxy groups -OCH3 is 1. The minimum Gasteiger partial charge on any atom is -0.399 e. The standard InChI is InChI=1S/C13H21NO3S/c1-15-6-7-16-8-9-17-10-11-18-13-4-2-12(14)3-5-13/h2-5H,6-11,14H2,1H3. The Balaban J connectivity index is 1.91. The van der Waals surface area contributed by atoms with Gasteiger partial charge in [0.25, 0.3) is 0 Å². The summed E-state index contributed by atoms with van der Waals surface area (Å²) in [5.74, 6) is 0.933. The van der Waals surface area contributed by atoms with Gasteiger partial charge >= 0.3 is 0 Å². The first-order valence-electron chi connectivity index (χ1n) is 5.95. The summed E-state index contributed by atoms with van der Waals surface area (Å²) in [6, 6.07) is 7.86. The van der Waals surface area contributed by atoms with Crippen molar-refractivity contribution in [2.45, 2.75) is 4.90 Å². The third-order valence-corrected chi connectivity index (χ3v) is 3.16. The Kier molecular flexibility index (Phi) is 8.67. The average Bonchev–Trinajstić information content (AvgIpc) is 2.39. The second-order valence-electron chi connectivity index (χ2n) is 3.64. The molecule has 0 amide bonds. The summed E-state index contributed by atoms with van der Waals surface area (Å²) in [6.45, 7) is 3.23. The lowest BCUT2D eigenvalue weighted by molar-refractivity contribution is 0.0286. The first kappa shape index (κ1) is 15.3. The van der Waals surface area contributed by atoms with Crippen molar-refractivity contribution in [3.63, 3.8) is 0 Å². The molecule has 2 N–H and O–H groups in total. The normalized spacial score (nSPS) is 10.7. The Morgan fingerprint density at radius 1 is 0.944 bits per heavy atom. The number of hydrogen-bond donors (Lipinski definition) is 1. The van der Waals surface area contributed by atoms with E-state index in [2.05, 4.69) is 0 Å². The Bertz CT molecular complexity index is 306. The molecule has 0 aliphatic heterocycles. The molecule has 0 saturated heterocycles. The highest BCUT2D eigenvalue weighted by Gasteiger charge is 1.94. The number of anilines is 1. The Labute approximate surface area is 113 Å². The molecule has 0 aliphatic rings. The van der Waals surface area contributed by atoms with Crippen LogP contribution in [0.1, 0.15) is 0 Å². The van der Waals surface area contributed by atoms with Crippen molar-refractivity contribution in [1.82, 2.24) is 0 Å². The average molecular weight is 271 g/mol. The molecule has 0 heterocycles. The molecule has 0 aromatic heterocycles. The van der Waals surface area contributed by atoms with E-state index in [1.165, 1.54) is 4.90 Å². The quantitative estimate of drug-likeness (QED) is 0.401. The number of rotatable bonds is 10. The minimum absolute atomic E-state index is 0.621. The van der Waals surface area contributed by atoms with Crippen LogP contribution in [0.25, 0.3) is 0 Å². The molecule has 0 spiro atoms. The van der Waals surface area contributed by atoms with Crippen molar-refractivity contribution in [2.24, 2.45) is 0 Å². The van der Waals surface area contributed by atoms with Gasteiger partial charge in [-0.25, -0.2) is 0 Å². The summed E-state index contributed by atoms with van der Waals surface area (Å²) in [6.07, 6.45) is 0. The first-order valence-corrected chi connectivity index (χ1v) is 6.94. The predicted octanol–water partition coefficient (Wildman–Crippen LogP) is 2.04. The third kappa shape index (κ3) is 7.55. The van der Waals surface area contributed by atoms with E-state index in [1.54, 1.807) is 18.9 Å². The van der Waals surface area contributed by atoms with Gasteiger partial charge in [0, 0.05) is 23.4 Å². The second-order valence-corrected chi connectivity index (χ2v) is 4.80. The number of hydrogen-bond acceptors (Lipinski definition) is 5. The van der Waals surface area contributed by atoms with E-state index >= 15 is 0 Å². The lowest BCUT2D eigenvalue weighted by Gasteiger charge is -2.05. The van der Waals surface area contributed by atoms with Gasteiger partial charge in [0.15, 0.2) is 0 Å². The molecule has 18 heavy (non-hydrogen) atoms. The van der Waals surface area contributed by atoms with Crippen molar-refractivity contribution in [3.05, 3.63) is 24.3 Å². The van der Waals surface area contributed by atoms with Gasteiger partial charge in [-0.05, 0) is 24.3 Å². The topological polar surface area (TPSA) is 53.7 Å². The zero-order chi connectivity index (χ0) is 13.1. The highest BCUT2D eigenvalue weighted by Crippen LogP contribution is 2.18. The van der Waals surface area contributed by atoms with Gasteiger partial charge in [-0.1, -0.05) is 0 Å². The Morgan fingerprint density at radius 3 is 2.22 bits per heavy atom. The SMILES string of the molecule is COCCOCCOCCSc1ccc(N)cc1. The van der Waals surface area contributed by atoms with Crippen LogP contribution >= 0.6 is 11.8 Å². The maximum atomic E-state index is 5.61. The fourth-order valence-electron chi connectivity index (χ4n) is 1.25. The summed E-state index contributed by atoms with van der Waals surface area (Å²) in [5, 5.41) is 0. The molecule has 0 atom stereocenters. The lowest BCUT2D eigenvalue weighted by atomic mass is 10.3. The summed E-state index contributed by atoms with van der Waals surface area (Å²) >= 11 is 1.76. The van der Waals surface area contributed by atoms with Crippen LogP contribution in [0.4, 0.5) is 5.69 Å². The molecule has 0 aliphatic carbocycles. The molecule has 102 valence electrons. The molecule has 5 heteroatoms. The fourth-order valence-corrected chi connectivity index (χ4v) is 2.01. The summed E-state index contributed by atoms with van der Waals surface area (Å²) in [7, 11) is 1.66. The molecule has 0 bridgehead atoms. The van der Waals surface area contributed by atoms with Crippen LogP contribution < -0.4 is 5.73 Å². The zero-order valence-corrected chi connectivity index (χ0v) is 11.6. The summed E-state index contributed by atoms with van der Waals surface area (Å²) < 4.78 is 15.6. The molecule has 1 rings (SSSR count). The number of nitrogen functional groups attached to an aromatic ring is 1. The highest BCUT2D eigenvalue weighted by molar-refractivity contribution is 7.99. The monoisotopic (exact) mass is 271 g/mol. The maximum absolute atomic E-state index is 5.61. The van der Waals surface area contributed by atoms with Crippen LogP contribution in [-0.2, 0) is 14.2 Å². The maximum Gasteiger partial charge on any atom is 0.0701 e. The first-order chi connectivity index (χ1) is 8.83. The predicted molar refractivity (Wildman–Crippen MR) is 75.1 cm³/mol. The van der Waals surface area contributed by atoms with Crippen molar-refractivity contribution in [2.75, 3.05) is 51.6 Å².